The van der Waals surface area contributed by atoms with E-state index in [-0.39, 0.29) is 11.4 Å². The van der Waals surface area contributed by atoms with Crippen molar-refractivity contribution in [3.8, 4) is 5.75 Å². The van der Waals surface area contributed by atoms with E-state index < -0.39 is 0 Å². The Labute approximate surface area is 109 Å². The lowest BCUT2D eigenvalue weighted by molar-refractivity contribution is 0.475. The Morgan fingerprint density at radius 3 is 2.63 bits per heavy atom. The Kier molecular flexibility index (Phi) is 2.63. The van der Waals surface area contributed by atoms with Gasteiger partial charge >= 0.3 is 5.69 Å². The van der Waals surface area contributed by atoms with Crippen molar-refractivity contribution in [3.63, 3.8) is 0 Å². The highest BCUT2D eigenvalue weighted by atomic mass is 16.3. The second kappa shape index (κ2) is 4.31. The van der Waals surface area contributed by atoms with E-state index in [1.165, 1.54) is 0 Å². The van der Waals surface area contributed by atoms with Crippen LogP contribution >= 0.6 is 0 Å². The maximum atomic E-state index is 12.0. The Bertz CT molecular complexity index is 782. The molecule has 0 amide bonds. The highest BCUT2D eigenvalue weighted by Gasteiger charge is 2.07. The molecule has 0 saturated carbocycles. The minimum atomic E-state index is -0.117. The molecular weight excluding hydrogens is 240 g/mol. The molecule has 2 aromatic carbocycles. The summed E-state index contributed by atoms with van der Waals surface area (Å²) in [5.41, 5.74) is 3.72. The second-order valence-corrected chi connectivity index (χ2v) is 4.70. The molecule has 96 valence electrons. The number of hydrogen-bond acceptors (Lipinski definition) is 2. The molecule has 0 aliphatic rings. The molecule has 1 aromatic heterocycles. The molecule has 0 aliphatic carbocycles. The summed E-state index contributed by atoms with van der Waals surface area (Å²) in [7, 11) is 0. The van der Waals surface area contributed by atoms with Crippen LogP contribution in [0.25, 0.3) is 11.0 Å². The molecule has 3 aromatic rings. The molecule has 0 atom stereocenters. The van der Waals surface area contributed by atoms with Crippen molar-refractivity contribution in [1.82, 2.24) is 9.55 Å². The van der Waals surface area contributed by atoms with Crippen LogP contribution in [0.2, 0.25) is 0 Å². The highest BCUT2D eigenvalue weighted by molar-refractivity contribution is 5.76. The molecule has 0 spiro atoms. The smallest absolute Gasteiger partial charge is 0.326 e. The molecule has 0 fully saturated rings. The van der Waals surface area contributed by atoms with E-state index in [0.717, 1.165) is 22.2 Å². The summed E-state index contributed by atoms with van der Waals surface area (Å²) in [5, 5.41) is 9.27. The first-order valence-corrected chi connectivity index (χ1v) is 6.10. The summed E-state index contributed by atoms with van der Waals surface area (Å²) in [6, 6.07) is 12.8. The molecular formula is C15H14N2O2. The fraction of sp³-hybridized carbons (Fsp3) is 0.133. The number of benzene rings is 2. The number of imidazole rings is 1. The average Bonchev–Trinajstić information content (AvgIpc) is 2.69. The van der Waals surface area contributed by atoms with Crippen LogP contribution in [0.1, 0.15) is 11.1 Å². The van der Waals surface area contributed by atoms with Crippen LogP contribution in [-0.4, -0.2) is 14.7 Å². The predicted molar refractivity (Wildman–Crippen MR) is 74.5 cm³/mol. The number of aryl methyl sites for hydroxylation is 1. The van der Waals surface area contributed by atoms with Crippen LogP contribution in [0.5, 0.6) is 5.75 Å². The Morgan fingerprint density at radius 2 is 1.89 bits per heavy atom. The SMILES string of the molecule is Cc1ccc2[nH]c(=O)n(Cc3ccc(O)cc3)c2c1. The van der Waals surface area contributed by atoms with Crippen molar-refractivity contribution < 1.29 is 5.11 Å². The quantitative estimate of drug-likeness (QED) is 0.737. The van der Waals surface area contributed by atoms with Crippen LogP contribution in [0.4, 0.5) is 0 Å². The zero-order valence-electron chi connectivity index (χ0n) is 10.6. The lowest BCUT2D eigenvalue weighted by atomic mass is 10.2. The number of aromatic amines is 1. The number of H-pyrrole nitrogens is 1. The maximum absolute atomic E-state index is 12.0. The predicted octanol–water partition coefficient (Wildman–Crippen LogP) is 2.39. The van der Waals surface area contributed by atoms with E-state index in [1.54, 1.807) is 16.7 Å². The number of aromatic hydroxyl groups is 1. The first-order valence-electron chi connectivity index (χ1n) is 6.10. The summed E-state index contributed by atoms with van der Waals surface area (Å²) < 4.78 is 1.70. The number of nitrogens with one attached hydrogen (secondary N) is 1. The number of phenolic OH excluding ortho intramolecular Hbond substituents is 1. The van der Waals surface area contributed by atoms with Crippen LogP contribution in [0.3, 0.4) is 0 Å². The summed E-state index contributed by atoms with van der Waals surface area (Å²) in [6.07, 6.45) is 0. The molecule has 0 unspecified atom stereocenters. The van der Waals surface area contributed by atoms with E-state index >= 15 is 0 Å². The lowest BCUT2D eigenvalue weighted by Crippen LogP contribution is -2.17. The Morgan fingerprint density at radius 1 is 1.16 bits per heavy atom. The van der Waals surface area contributed by atoms with E-state index in [0.29, 0.717) is 6.54 Å². The Balaban J connectivity index is 2.09. The zero-order valence-corrected chi connectivity index (χ0v) is 10.6. The van der Waals surface area contributed by atoms with E-state index in [9.17, 15) is 9.90 Å². The van der Waals surface area contributed by atoms with Crippen LogP contribution in [0, 0.1) is 6.92 Å². The third-order valence-corrected chi connectivity index (χ3v) is 3.21. The van der Waals surface area contributed by atoms with Gasteiger partial charge in [0.2, 0.25) is 0 Å². The van der Waals surface area contributed by atoms with Crippen LogP contribution in [-0.2, 0) is 6.54 Å². The van der Waals surface area contributed by atoms with Crippen molar-refractivity contribution in [2.45, 2.75) is 13.5 Å². The monoisotopic (exact) mass is 254 g/mol. The summed E-state index contributed by atoms with van der Waals surface area (Å²) in [5.74, 6) is 0.228. The van der Waals surface area contributed by atoms with E-state index in [4.69, 9.17) is 0 Å². The minimum absolute atomic E-state index is 0.117. The molecule has 0 radical (unpaired) electrons. The van der Waals surface area contributed by atoms with Crippen molar-refractivity contribution in [3.05, 3.63) is 64.1 Å². The number of phenols is 1. The first-order chi connectivity index (χ1) is 9.13. The van der Waals surface area contributed by atoms with Gasteiger partial charge in [-0.15, -0.1) is 0 Å². The van der Waals surface area contributed by atoms with E-state index in [2.05, 4.69) is 4.98 Å². The standard InChI is InChI=1S/C15H14N2O2/c1-10-2-7-13-14(8-10)17(15(19)16-13)9-11-3-5-12(18)6-4-11/h2-8,18H,9H2,1H3,(H,16,19). The molecule has 0 aliphatic heterocycles. The number of hydrogen-bond donors (Lipinski definition) is 2. The van der Waals surface area contributed by atoms with Gasteiger partial charge in [0.05, 0.1) is 17.6 Å². The second-order valence-electron chi connectivity index (χ2n) is 4.70. The van der Waals surface area contributed by atoms with Gasteiger partial charge in [0.25, 0.3) is 0 Å². The normalized spacial score (nSPS) is 11.0. The fourth-order valence-electron chi connectivity index (χ4n) is 2.20. The minimum Gasteiger partial charge on any atom is -0.508 e. The number of nitrogens with zero attached hydrogens (tertiary/aromatic N) is 1. The first kappa shape index (κ1) is 11.6. The topological polar surface area (TPSA) is 58.0 Å². The van der Waals surface area contributed by atoms with Gasteiger partial charge < -0.3 is 10.1 Å². The Hall–Kier alpha value is -2.49. The number of fused-ring (bicyclic) bond motifs is 1. The number of rotatable bonds is 2. The summed E-state index contributed by atoms with van der Waals surface area (Å²) in [6.45, 7) is 2.49. The van der Waals surface area contributed by atoms with Gasteiger partial charge in [-0.1, -0.05) is 18.2 Å². The van der Waals surface area contributed by atoms with Crippen molar-refractivity contribution in [1.29, 1.82) is 0 Å². The summed E-state index contributed by atoms with van der Waals surface area (Å²) >= 11 is 0. The van der Waals surface area contributed by atoms with Crippen molar-refractivity contribution in [2.75, 3.05) is 0 Å². The van der Waals surface area contributed by atoms with Crippen molar-refractivity contribution in [2.24, 2.45) is 0 Å². The van der Waals surface area contributed by atoms with Gasteiger partial charge in [0.1, 0.15) is 5.75 Å². The maximum Gasteiger partial charge on any atom is 0.326 e. The van der Waals surface area contributed by atoms with Crippen molar-refractivity contribution >= 4 is 11.0 Å². The highest BCUT2D eigenvalue weighted by Crippen LogP contribution is 2.15. The van der Waals surface area contributed by atoms with Gasteiger partial charge in [-0.2, -0.15) is 0 Å². The molecule has 19 heavy (non-hydrogen) atoms. The fourth-order valence-corrected chi connectivity index (χ4v) is 2.20. The summed E-state index contributed by atoms with van der Waals surface area (Å²) in [4.78, 5) is 14.8. The third kappa shape index (κ3) is 2.12. The molecule has 4 heteroatoms. The van der Waals surface area contributed by atoms with Gasteiger partial charge in [0.15, 0.2) is 0 Å². The van der Waals surface area contributed by atoms with Gasteiger partial charge in [-0.3, -0.25) is 4.57 Å². The number of aromatic nitrogens is 2. The molecule has 4 nitrogen and oxygen atoms in total. The van der Waals surface area contributed by atoms with Crippen LogP contribution in [0.15, 0.2) is 47.3 Å². The average molecular weight is 254 g/mol. The molecule has 0 bridgehead atoms. The van der Waals surface area contributed by atoms with Gasteiger partial charge in [-0.25, -0.2) is 4.79 Å². The van der Waals surface area contributed by atoms with E-state index in [1.807, 2.05) is 37.3 Å². The lowest BCUT2D eigenvalue weighted by Gasteiger charge is -2.04. The third-order valence-electron chi connectivity index (χ3n) is 3.21. The molecule has 0 saturated heterocycles. The molecule has 1 heterocycles. The van der Waals surface area contributed by atoms with Gasteiger partial charge in [-0.05, 0) is 42.3 Å². The molecule has 2 N–H and O–H groups in total. The van der Waals surface area contributed by atoms with Crippen LogP contribution < -0.4 is 5.69 Å². The van der Waals surface area contributed by atoms with Gasteiger partial charge in [0, 0.05) is 0 Å². The molecule has 3 rings (SSSR count). The largest absolute Gasteiger partial charge is 0.508 e. The zero-order chi connectivity index (χ0) is 13.4.